The number of hydrogen-bond acceptors (Lipinski definition) is 5. The molecule has 2 aromatic heterocycles. The van der Waals surface area contributed by atoms with Gasteiger partial charge in [0, 0.05) is 17.9 Å². The number of thioether (sulfide) groups is 1. The van der Waals surface area contributed by atoms with Crippen LogP contribution in [0.4, 0.5) is 0 Å². The van der Waals surface area contributed by atoms with Crippen molar-refractivity contribution in [2.75, 3.05) is 18.6 Å². The quantitative estimate of drug-likeness (QED) is 0.874. The van der Waals surface area contributed by atoms with Gasteiger partial charge in [0.15, 0.2) is 5.69 Å². The summed E-state index contributed by atoms with van der Waals surface area (Å²) in [5.41, 5.74) is 0.909. The van der Waals surface area contributed by atoms with Gasteiger partial charge in [0.05, 0.1) is 18.2 Å². The first-order chi connectivity index (χ1) is 10.1. The number of rotatable bonds is 3. The van der Waals surface area contributed by atoms with Crippen LogP contribution in [-0.4, -0.2) is 45.0 Å². The molecule has 0 aliphatic carbocycles. The normalized spacial score (nSPS) is 18.0. The summed E-state index contributed by atoms with van der Waals surface area (Å²) >= 11 is 1.83. The number of pyridine rings is 1. The topological polar surface area (TPSA) is 80.9 Å². The third-order valence-electron chi connectivity index (χ3n) is 3.58. The molecule has 0 saturated carbocycles. The molecular weight excluding hydrogens is 292 g/mol. The van der Waals surface area contributed by atoms with Crippen LogP contribution in [0.25, 0.3) is 5.52 Å². The number of aromatic nitrogens is 2. The zero-order valence-electron chi connectivity index (χ0n) is 11.4. The van der Waals surface area contributed by atoms with Crippen molar-refractivity contribution in [3.8, 4) is 0 Å². The zero-order chi connectivity index (χ0) is 15.0. The van der Waals surface area contributed by atoms with Crippen molar-refractivity contribution < 1.29 is 19.4 Å². The first kappa shape index (κ1) is 13.9. The molecule has 3 rings (SSSR count). The second-order valence-corrected chi connectivity index (χ2v) is 6.00. The summed E-state index contributed by atoms with van der Waals surface area (Å²) in [5, 5.41) is 9.29. The lowest BCUT2D eigenvalue weighted by Gasteiger charge is -2.08. The van der Waals surface area contributed by atoms with Gasteiger partial charge in [-0.25, -0.2) is 14.6 Å². The number of carbonyl (C=O) groups is 2. The van der Waals surface area contributed by atoms with Crippen molar-refractivity contribution in [2.24, 2.45) is 0 Å². The van der Waals surface area contributed by atoms with E-state index in [1.807, 2.05) is 11.8 Å². The van der Waals surface area contributed by atoms with Gasteiger partial charge in [-0.05, 0) is 24.3 Å². The van der Waals surface area contributed by atoms with Gasteiger partial charge < -0.3 is 14.2 Å². The van der Waals surface area contributed by atoms with Crippen molar-refractivity contribution in [1.82, 2.24) is 9.38 Å². The number of carboxylic acids is 1. The molecule has 2 aromatic rings. The highest BCUT2D eigenvalue weighted by Gasteiger charge is 2.26. The average molecular weight is 306 g/mol. The summed E-state index contributed by atoms with van der Waals surface area (Å²) in [7, 11) is 1.32. The van der Waals surface area contributed by atoms with E-state index in [9.17, 15) is 14.7 Å². The van der Waals surface area contributed by atoms with E-state index in [4.69, 9.17) is 4.74 Å². The minimum atomic E-state index is -1.06. The fraction of sp³-hybridized carbons (Fsp3) is 0.357. The minimum absolute atomic E-state index is 0.0262. The van der Waals surface area contributed by atoms with Crippen LogP contribution in [0.3, 0.4) is 0 Å². The van der Waals surface area contributed by atoms with E-state index >= 15 is 0 Å². The molecule has 1 saturated heterocycles. The Morgan fingerprint density at radius 1 is 1.48 bits per heavy atom. The summed E-state index contributed by atoms with van der Waals surface area (Å²) < 4.78 is 6.43. The van der Waals surface area contributed by atoms with E-state index in [1.54, 1.807) is 22.7 Å². The highest BCUT2D eigenvalue weighted by molar-refractivity contribution is 7.99. The van der Waals surface area contributed by atoms with E-state index in [0.717, 1.165) is 17.9 Å². The lowest BCUT2D eigenvalue weighted by Crippen LogP contribution is -2.06. The highest BCUT2D eigenvalue weighted by Crippen LogP contribution is 2.33. The highest BCUT2D eigenvalue weighted by atomic mass is 32.2. The van der Waals surface area contributed by atoms with Crippen LogP contribution in [0, 0.1) is 0 Å². The molecule has 0 radical (unpaired) electrons. The molecule has 0 aromatic carbocycles. The fourth-order valence-electron chi connectivity index (χ4n) is 2.53. The number of aromatic carboxylic acids is 1. The van der Waals surface area contributed by atoms with Gasteiger partial charge in [0.2, 0.25) is 0 Å². The van der Waals surface area contributed by atoms with E-state index in [-0.39, 0.29) is 11.6 Å². The maximum Gasteiger partial charge on any atom is 0.356 e. The molecule has 0 amide bonds. The summed E-state index contributed by atoms with van der Waals surface area (Å²) in [6, 6.07) is 3.16. The zero-order valence-corrected chi connectivity index (χ0v) is 12.2. The van der Waals surface area contributed by atoms with Crippen LogP contribution in [0.5, 0.6) is 0 Å². The Hall–Kier alpha value is -2.02. The molecular formula is C14H14N2O4S. The van der Waals surface area contributed by atoms with Gasteiger partial charge in [-0.15, -0.1) is 0 Å². The second kappa shape index (κ2) is 5.40. The molecule has 0 bridgehead atoms. The Bertz CT molecular complexity index is 719. The molecule has 1 unspecified atom stereocenters. The van der Waals surface area contributed by atoms with Crippen LogP contribution in [0.15, 0.2) is 18.3 Å². The van der Waals surface area contributed by atoms with Crippen LogP contribution >= 0.6 is 11.8 Å². The molecule has 3 heterocycles. The number of hydrogen-bond donors (Lipinski definition) is 1. The van der Waals surface area contributed by atoms with E-state index in [0.29, 0.717) is 16.9 Å². The van der Waals surface area contributed by atoms with Gasteiger partial charge in [-0.3, -0.25) is 0 Å². The summed E-state index contributed by atoms with van der Waals surface area (Å²) in [6.45, 7) is 0. The van der Waals surface area contributed by atoms with Crippen molar-refractivity contribution in [3.05, 3.63) is 35.4 Å². The predicted octanol–water partition coefficient (Wildman–Crippen LogP) is 2.04. The molecule has 1 N–H and O–H groups in total. The number of esters is 1. The first-order valence-electron chi connectivity index (χ1n) is 6.53. The van der Waals surface area contributed by atoms with E-state index < -0.39 is 11.9 Å². The van der Waals surface area contributed by atoms with E-state index in [2.05, 4.69) is 4.98 Å². The number of carboxylic acid groups (broad SMARTS) is 1. The van der Waals surface area contributed by atoms with Gasteiger partial charge in [-0.2, -0.15) is 11.8 Å². The number of ether oxygens (including phenoxy) is 1. The third-order valence-corrected chi connectivity index (χ3v) is 4.75. The molecule has 1 aliphatic rings. The minimum Gasteiger partial charge on any atom is -0.476 e. The first-order valence-corrected chi connectivity index (χ1v) is 7.68. The molecule has 110 valence electrons. The molecule has 21 heavy (non-hydrogen) atoms. The maximum atomic E-state index is 11.7. The molecule has 1 aliphatic heterocycles. The average Bonchev–Trinajstić information content (AvgIpc) is 3.12. The monoisotopic (exact) mass is 306 g/mol. The van der Waals surface area contributed by atoms with Crippen LogP contribution < -0.4 is 0 Å². The molecule has 7 heteroatoms. The van der Waals surface area contributed by atoms with Crippen molar-refractivity contribution in [1.29, 1.82) is 0 Å². The Balaban J connectivity index is 2.19. The van der Waals surface area contributed by atoms with Gasteiger partial charge in [-0.1, -0.05) is 0 Å². The van der Waals surface area contributed by atoms with Crippen LogP contribution in [-0.2, 0) is 4.74 Å². The standard InChI is InChI=1S/C14H14N2O4S/c1-20-14(19)8-2-3-10-11(13(17)18)15-12(16(10)6-8)9-4-5-21-7-9/h2-3,6,9H,4-5,7H2,1H3,(H,17,18). The van der Waals surface area contributed by atoms with Crippen molar-refractivity contribution in [3.63, 3.8) is 0 Å². The predicted molar refractivity (Wildman–Crippen MR) is 78.2 cm³/mol. The second-order valence-electron chi connectivity index (χ2n) is 4.85. The van der Waals surface area contributed by atoms with Crippen LogP contribution in [0.1, 0.15) is 39.0 Å². The molecule has 1 atom stereocenters. The molecule has 0 spiro atoms. The number of methoxy groups -OCH3 is 1. The summed E-state index contributed by atoms with van der Waals surface area (Å²) in [6.07, 6.45) is 2.57. The van der Waals surface area contributed by atoms with Gasteiger partial charge in [0.1, 0.15) is 5.82 Å². The fourth-order valence-corrected chi connectivity index (χ4v) is 3.75. The Labute approximate surface area is 125 Å². The summed E-state index contributed by atoms with van der Waals surface area (Å²) in [5.74, 6) is 1.37. The molecule has 6 nitrogen and oxygen atoms in total. The number of nitrogens with zero attached hydrogens (tertiary/aromatic N) is 2. The van der Waals surface area contributed by atoms with Crippen molar-refractivity contribution >= 4 is 29.2 Å². The Morgan fingerprint density at radius 3 is 2.90 bits per heavy atom. The smallest absolute Gasteiger partial charge is 0.356 e. The number of fused-ring (bicyclic) bond motifs is 1. The lowest BCUT2D eigenvalue weighted by atomic mass is 10.1. The third kappa shape index (κ3) is 2.37. The Morgan fingerprint density at radius 2 is 2.29 bits per heavy atom. The maximum absolute atomic E-state index is 11.7. The molecule has 1 fully saturated rings. The SMILES string of the molecule is COC(=O)c1ccc2c(C(=O)O)nc(C3CCSC3)n2c1. The number of carbonyl (C=O) groups excluding carboxylic acids is 1. The van der Waals surface area contributed by atoms with Crippen molar-refractivity contribution in [2.45, 2.75) is 12.3 Å². The van der Waals surface area contributed by atoms with Gasteiger partial charge >= 0.3 is 11.9 Å². The largest absolute Gasteiger partial charge is 0.476 e. The Kier molecular flexibility index (Phi) is 3.59. The summed E-state index contributed by atoms with van der Waals surface area (Å²) in [4.78, 5) is 27.3. The van der Waals surface area contributed by atoms with E-state index in [1.165, 1.54) is 7.11 Å². The number of imidazole rings is 1. The lowest BCUT2D eigenvalue weighted by molar-refractivity contribution is 0.0599. The van der Waals surface area contributed by atoms with Gasteiger partial charge in [0.25, 0.3) is 0 Å². The van der Waals surface area contributed by atoms with Crippen LogP contribution in [0.2, 0.25) is 0 Å².